The lowest BCUT2D eigenvalue weighted by atomic mass is 10.1. The highest BCUT2D eigenvalue weighted by Crippen LogP contribution is 2.41. The van der Waals surface area contributed by atoms with Crippen molar-refractivity contribution in [3.63, 3.8) is 0 Å². The Morgan fingerprint density at radius 1 is 1.41 bits per heavy atom. The van der Waals surface area contributed by atoms with Gasteiger partial charge in [0.15, 0.2) is 23.1 Å². The molecule has 0 aromatic heterocycles. The highest BCUT2D eigenvalue weighted by atomic mass is 19.1. The van der Waals surface area contributed by atoms with Crippen LogP contribution in [0, 0.1) is 5.82 Å². The molecule has 5 nitrogen and oxygen atoms in total. The van der Waals surface area contributed by atoms with Crippen LogP contribution < -0.4 is 20.1 Å². The average molecular weight is 243 g/mol. The Balaban J connectivity index is 2.53. The lowest BCUT2D eigenvalue weighted by Crippen LogP contribution is -2.06. The van der Waals surface area contributed by atoms with E-state index in [0.717, 1.165) is 6.42 Å². The summed E-state index contributed by atoms with van der Waals surface area (Å²) < 4.78 is 29.6. The van der Waals surface area contributed by atoms with Crippen molar-refractivity contribution in [2.75, 3.05) is 20.3 Å². The van der Waals surface area contributed by atoms with Crippen LogP contribution in [-0.2, 0) is 11.4 Å². The van der Waals surface area contributed by atoms with Gasteiger partial charge >= 0.3 is 0 Å². The Morgan fingerprint density at radius 3 is 2.88 bits per heavy atom. The predicted octanol–water partition coefficient (Wildman–Crippen LogP) is 1.39. The minimum absolute atomic E-state index is 0.00731. The first-order valence-corrected chi connectivity index (χ1v) is 5.24. The van der Waals surface area contributed by atoms with Crippen LogP contribution in [0.2, 0.25) is 0 Å². The van der Waals surface area contributed by atoms with Crippen molar-refractivity contribution >= 4 is 0 Å². The van der Waals surface area contributed by atoms with Crippen LogP contribution in [-0.4, -0.2) is 20.3 Å². The van der Waals surface area contributed by atoms with Gasteiger partial charge in [-0.3, -0.25) is 4.84 Å². The molecular weight excluding hydrogens is 229 g/mol. The van der Waals surface area contributed by atoms with Gasteiger partial charge < -0.3 is 14.2 Å². The summed E-state index contributed by atoms with van der Waals surface area (Å²) in [5, 5.41) is 0. The van der Waals surface area contributed by atoms with Crippen molar-refractivity contribution in [1.29, 1.82) is 0 Å². The fourth-order valence-electron chi connectivity index (χ4n) is 1.76. The minimum atomic E-state index is -0.524. The molecule has 17 heavy (non-hydrogen) atoms. The molecule has 0 fully saturated rings. The Labute approximate surface area is 98.2 Å². The number of nitrogens with two attached hydrogens (primary N) is 1. The third-order valence-corrected chi connectivity index (χ3v) is 2.47. The van der Waals surface area contributed by atoms with E-state index in [4.69, 9.17) is 20.1 Å². The second kappa shape index (κ2) is 5.20. The second-order valence-corrected chi connectivity index (χ2v) is 3.56. The second-order valence-electron chi connectivity index (χ2n) is 3.56. The molecule has 94 valence electrons. The zero-order valence-corrected chi connectivity index (χ0v) is 9.49. The van der Waals surface area contributed by atoms with E-state index in [1.807, 2.05) is 0 Å². The molecule has 0 saturated carbocycles. The van der Waals surface area contributed by atoms with Crippen LogP contribution in [0.25, 0.3) is 0 Å². The van der Waals surface area contributed by atoms with Gasteiger partial charge in [-0.2, -0.15) is 0 Å². The number of hydrogen-bond acceptors (Lipinski definition) is 5. The lowest BCUT2D eigenvalue weighted by Gasteiger charge is -2.15. The van der Waals surface area contributed by atoms with Crippen LogP contribution >= 0.6 is 0 Å². The summed E-state index contributed by atoms with van der Waals surface area (Å²) in [6.07, 6.45) is 0.738. The first kappa shape index (κ1) is 11.9. The summed E-state index contributed by atoms with van der Waals surface area (Å²) in [7, 11) is 1.38. The molecule has 1 aromatic rings. The standard InChI is InChI=1S/C11H14FNO4/c1-14-10-7(6-17-13)11-9(5-8(10)12)15-3-2-4-16-11/h5H,2-4,6,13H2,1H3. The number of methoxy groups -OCH3 is 1. The molecule has 0 saturated heterocycles. The van der Waals surface area contributed by atoms with Crippen molar-refractivity contribution in [2.45, 2.75) is 13.0 Å². The Kier molecular flexibility index (Phi) is 3.65. The topological polar surface area (TPSA) is 62.9 Å². The minimum Gasteiger partial charge on any atom is -0.493 e. The molecular formula is C11H14FNO4. The number of hydrogen-bond donors (Lipinski definition) is 1. The van der Waals surface area contributed by atoms with Crippen molar-refractivity contribution in [3.8, 4) is 17.2 Å². The molecule has 0 radical (unpaired) electrons. The van der Waals surface area contributed by atoms with Crippen LogP contribution in [0.4, 0.5) is 4.39 Å². The van der Waals surface area contributed by atoms with Gasteiger partial charge in [0.1, 0.15) is 6.61 Å². The molecule has 0 spiro atoms. The number of halogens is 1. The average Bonchev–Trinajstić information content (AvgIpc) is 2.54. The molecule has 1 aliphatic rings. The largest absolute Gasteiger partial charge is 0.493 e. The van der Waals surface area contributed by atoms with Gasteiger partial charge in [0.25, 0.3) is 0 Å². The van der Waals surface area contributed by atoms with Gasteiger partial charge in [-0.15, -0.1) is 0 Å². The lowest BCUT2D eigenvalue weighted by molar-refractivity contribution is 0.118. The first-order valence-electron chi connectivity index (χ1n) is 5.24. The van der Waals surface area contributed by atoms with E-state index in [0.29, 0.717) is 30.3 Å². The maximum atomic E-state index is 13.7. The number of benzene rings is 1. The zero-order chi connectivity index (χ0) is 12.3. The molecule has 2 rings (SSSR count). The van der Waals surface area contributed by atoms with Gasteiger partial charge in [-0.1, -0.05) is 0 Å². The molecule has 2 N–H and O–H groups in total. The maximum absolute atomic E-state index is 13.7. The molecule has 1 heterocycles. The quantitative estimate of drug-likeness (QED) is 0.813. The van der Waals surface area contributed by atoms with Crippen LogP contribution in [0.1, 0.15) is 12.0 Å². The van der Waals surface area contributed by atoms with E-state index >= 15 is 0 Å². The molecule has 0 aliphatic carbocycles. The smallest absolute Gasteiger partial charge is 0.170 e. The van der Waals surface area contributed by atoms with E-state index in [1.165, 1.54) is 13.2 Å². The normalized spacial score (nSPS) is 14.3. The summed E-state index contributed by atoms with van der Waals surface area (Å²) in [6.45, 7) is 0.980. The fourth-order valence-corrected chi connectivity index (χ4v) is 1.76. The Hall–Kier alpha value is -1.53. The predicted molar refractivity (Wildman–Crippen MR) is 57.5 cm³/mol. The van der Waals surface area contributed by atoms with Crippen molar-refractivity contribution in [1.82, 2.24) is 0 Å². The third kappa shape index (κ3) is 2.27. The molecule has 1 aliphatic heterocycles. The molecule has 0 amide bonds. The summed E-state index contributed by atoms with van der Waals surface area (Å²) in [4.78, 5) is 4.55. The molecule has 0 bridgehead atoms. The summed E-state index contributed by atoms with van der Waals surface area (Å²) in [5.41, 5.74) is 0.423. The van der Waals surface area contributed by atoms with Crippen LogP contribution in [0.5, 0.6) is 17.2 Å². The third-order valence-electron chi connectivity index (χ3n) is 2.47. The molecule has 0 unspecified atom stereocenters. The molecule has 1 aromatic carbocycles. The Morgan fingerprint density at radius 2 is 2.18 bits per heavy atom. The summed E-state index contributed by atoms with van der Waals surface area (Å²) >= 11 is 0. The van der Waals surface area contributed by atoms with Gasteiger partial charge in [0, 0.05) is 12.5 Å². The Bertz CT molecular complexity index is 411. The van der Waals surface area contributed by atoms with Crippen molar-refractivity contribution < 1.29 is 23.4 Å². The molecule has 0 atom stereocenters. The first-order chi connectivity index (χ1) is 8.27. The van der Waals surface area contributed by atoms with E-state index < -0.39 is 5.82 Å². The SMILES string of the molecule is COc1c(F)cc2c(c1CON)OCCCO2. The summed E-state index contributed by atoms with van der Waals surface area (Å²) in [6, 6.07) is 1.25. The zero-order valence-electron chi connectivity index (χ0n) is 9.49. The van der Waals surface area contributed by atoms with E-state index in [9.17, 15) is 4.39 Å². The highest BCUT2D eigenvalue weighted by molar-refractivity contribution is 5.54. The van der Waals surface area contributed by atoms with Gasteiger partial charge in [0.2, 0.25) is 0 Å². The van der Waals surface area contributed by atoms with Crippen molar-refractivity contribution in [2.24, 2.45) is 5.90 Å². The van der Waals surface area contributed by atoms with Crippen LogP contribution in [0.3, 0.4) is 0 Å². The number of rotatable bonds is 3. The number of fused-ring (bicyclic) bond motifs is 1. The van der Waals surface area contributed by atoms with Gasteiger partial charge in [0.05, 0.1) is 25.9 Å². The molecule has 6 heteroatoms. The summed E-state index contributed by atoms with van der Waals surface area (Å²) in [5.74, 6) is 5.37. The van der Waals surface area contributed by atoms with Crippen molar-refractivity contribution in [3.05, 3.63) is 17.4 Å². The van der Waals surface area contributed by atoms with Gasteiger partial charge in [-0.25, -0.2) is 10.3 Å². The monoisotopic (exact) mass is 243 g/mol. The van der Waals surface area contributed by atoms with E-state index in [-0.39, 0.29) is 12.4 Å². The number of ether oxygens (including phenoxy) is 3. The van der Waals surface area contributed by atoms with E-state index in [2.05, 4.69) is 4.84 Å². The highest BCUT2D eigenvalue weighted by Gasteiger charge is 2.23. The fraction of sp³-hybridized carbons (Fsp3) is 0.455. The maximum Gasteiger partial charge on any atom is 0.170 e. The van der Waals surface area contributed by atoms with Crippen LogP contribution in [0.15, 0.2) is 6.07 Å². The van der Waals surface area contributed by atoms with E-state index in [1.54, 1.807) is 0 Å². The van der Waals surface area contributed by atoms with Gasteiger partial charge in [-0.05, 0) is 0 Å².